The highest BCUT2D eigenvalue weighted by atomic mass is 15.2. The minimum Gasteiger partial charge on any atom is -0.314 e. The Labute approximate surface area is 104 Å². The quantitative estimate of drug-likeness (QED) is 0.736. The van der Waals surface area contributed by atoms with Gasteiger partial charge in [-0.1, -0.05) is 30.0 Å². The fourth-order valence-corrected chi connectivity index (χ4v) is 2.24. The lowest BCUT2D eigenvalue weighted by Gasteiger charge is -2.38. The lowest BCUT2D eigenvalue weighted by atomic mass is 10.1. The van der Waals surface area contributed by atoms with Crippen molar-refractivity contribution in [3.05, 3.63) is 35.9 Å². The van der Waals surface area contributed by atoms with Gasteiger partial charge in [0.05, 0.1) is 6.54 Å². The number of nitrogens with one attached hydrogen (secondary N) is 1. The van der Waals surface area contributed by atoms with Crippen LogP contribution < -0.4 is 5.32 Å². The van der Waals surface area contributed by atoms with E-state index in [1.54, 1.807) is 0 Å². The van der Waals surface area contributed by atoms with Crippen LogP contribution in [0.15, 0.2) is 30.3 Å². The second-order valence-electron chi connectivity index (χ2n) is 4.70. The molecule has 17 heavy (non-hydrogen) atoms. The van der Waals surface area contributed by atoms with Crippen LogP contribution in [0.25, 0.3) is 0 Å². The molecule has 1 heterocycles. The summed E-state index contributed by atoms with van der Waals surface area (Å²) in [6, 6.07) is 11.3. The van der Waals surface area contributed by atoms with Crippen LogP contribution in [0.5, 0.6) is 0 Å². The fraction of sp³-hybridized carbons (Fsp3) is 0.467. The van der Waals surface area contributed by atoms with Crippen molar-refractivity contribution in [2.75, 3.05) is 19.6 Å². The van der Waals surface area contributed by atoms with Crippen molar-refractivity contribution in [2.24, 2.45) is 0 Å². The van der Waals surface area contributed by atoms with Crippen molar-refractivity contribution in [1.29, 1.82) is 0 Å². The standard InChI is InChI=1S/C15H20N2/c1-13-11-16-12-14(2)17(13)10-6-9-15-7-4-3-5-8-15/h3-5,7-8,13-14,16H,10-12H2,1-2H3. The molecule has 0 aromatic heterocycles. The Bertz CT molecular complexity index is 392. The van der Waals surface area contributed by atoms with E-state index in [1.807, 2.05) is 18.2 Å². The van der Waals surface area contributed by atoms with E-state index in [9.17, 15) is 0 Å². The molecule has 2 rings (SSSR count). The molecule has 1 aromatic carbocycles. The summed E-state index contributed by atoms with van der Waals surface area (Å²) in [5, 5.41) is 3.43. The summed E-state index contributed by atoms with van der Waals surface area (Å²) in [4.78, 5) is 2.46. The van der Waals surface area contributed by atoms with E-state index in [1.165, 1.54) is 0 Å². The van der Waals surface area contributed by atoms with Gasteiger partial charge in [0.1, 0.15) is 0 Å². The van der Waals surface area contributed by atoms with Gasteiger partial charge in [-0.05, 0) is 26.0 Å². The second-order valence-corrected chi connectivity index (χ2v) is 4.70. The van der Waals surface area contributed by atoms with Crippen LogP contribution in [0.4, 0.5) is 0 Å². The zero-order chi connectivity index (χ0) is 12.1. The Morgan fingerprint density at radius 3 is 2.47 bits per heavy atom. The highest BCUT2D eigenvalue weighted by Crippen LogP contribution is 2.08. The lowest BCUT2D eigenvalue weighted by Crippen LogP contribution is -2.54. The summed E-state index contributed by atoms with van der Waals surface area (Å²) < 4.78 is 0. The fourth-order valence-electron chi connectivity index (χ4n) is 2.24. The average molecular weight is 228 g/mol. The summed E-state index contributed by atoms with van der Waals surface area (Å²) in [6.07, 6.45) is 0. The molecule has 0 radical (unpaired) electrons. The van der Waals surface area contributed by atoms with Crippen LogP contribution in [0.2, 0.25) is 0 Å². The smallest absolute Gasteiger partial charge is 0.0611 e. The van der Waals surface area contributed by atoms with E-state index >= 15 is 0 Å². The van der Waals surface area contributed by atoms with Gasteiger partial charge in [-0.15, -0.1) is 0 Å². The molecule has 2 heteroatoms. The van der Waals surface area contributed by atoms with Gasteiger partial charge >= 0.3 is 0 Å². The minimum absolute atomic E-state index is 0.573. The normalized spacial score (nSPS) is 25.1. The van der Waals surface area contributed by atoms with Gasteiger partial charge in [-0.25, -0.2) is 0 Å². The molecule has 1 saturated heterocycles. The summed E-state index contributed by atoms with van der Waals surface area (Å²) in [5.41, 5.74) is 1.10. The first kappa shape index (κ1) is 12.2. The summed E-state index contributed by atoms with van der Waals surface area (Å²) >= 11 is 0. The van der Waals surface area contributed by atoms with E-state index in [2.05, 4.69) is 48.0 Å². The van der Waals surface area contributed by atoms with Crippen molar-refractivity contribution in [1.82, 2.24) is 10.2 Å². The Hall–Kier alpha value is -1.30. The van der Waals surface area contributed by atoms with Crippen molar-refractivity contribution in [2.45, 2.75) is 25.9 Å². The minimum atomic E-state index is 0.573. The monoisotopic (exact) mass is 228 g/mol. The van der Waals surface area contributed by atoms with Crippen molar-refractivity contribution in [3.63, 3.8) is 0 Å². The van der Waals surface area contributed by atoms with E-state index in [0.717, 1.165) is 25.2 Å². The molecule has 2 nitrogen and oxygen atoms in total. The van der Waals surface area contributed by atoms with E-state index in [4.69, 9.17) is 0 Å². The lowest BCUT2D eigenvalue weighted by molar-refractivity contribution is 0.135. The molecule has 90 valence electrons. The molecule has 0 bridgehead atoms. The van der Waals surface area contributed by atoms with Gasteiger partial charge in [0, 0.05) is 30.7 Å². The average Bonchev–Trinajstić information content (AvgIpc) is 2.34. The summed E-state index contributed by atoms with van der Waals surface area (Å²) in [6.45, 7) is 7.51. The first-order valence-corrected chi connectivity index (χ1v) is 6.28. The number of piperazine rings is 1. The molecule has 1 fully saturated rings. The summed E-state index contributed by atoms with van der Waals surface area (Å²) in [7, 11) is 0. The topological polar surface area (TPSA) is 15.3 Å². The molecule has 1 aliphatic heterocycles. The maximum atomic E-state index is 3.43. The predicted octanol–water partition coefficient (Wildman–Crippen LogP) is 1.72. The third-order valence-corrected chi connectivity index (χ3v) is 3.28. The van der Waals surface area contributed by atoms with Crippen molar-refractivity contribution < 1.29 is 0 Å². The van der Waals surface area contributed by atoms with E-state index in [-0.39, 0.29) is 0 Å². The molecule has 0 aliphatic carbocycles. The first-order valence-electron chi connectivity index (χ1n) is 6.28. The van der Waals surface area contributed by atoms with Crippen LogP contribution in [-0.4, -0.2) is 36.6 Å². The molecule has 0 spiro atoms. The number of benzene rings is 1. The largest absolute Gasteiger partial charge is 0.314 e. The van der Waals surface area contributed by atoms with Crippen molar-refractivity contribution >= 4 is 0 Å². The SMILES string of the molecule is CC1CNCC(C)N1CC#Cc1ccccc1. The second kappa shape index (κ2) is 5.86. The van der Waals surface area contributed by atoms with Crippen molar-refractivity contribution in [3.8, 4) is 11.8 Å². The predicted molar refractivity (Wildman–Crippen MR) is 71.8 cm³/mol. The van der Waals surface area contributed by atoms with Gasteiger partial charge < -0.3 is 5.32 Å². The zero-order valence-corrected chi connectivity index (χ0v) is 10.6. The Kier molecular flexibility index (Phi) is 4.19. The molecule has 1 aliphatic rings. The number of nitrogens with zero attached hydrogens (tertiary/aromatic N) is 1. The molecule has 2 atom stereocenters. The third-order valence-electron chi connectivity index (χ3n) is 3.28. The number of rotatable bonds is 1. The van der Waals surface area contributed by atoms with Gasteiger partial charge in [-0.2, -0.15) is 0 Å². The Morgan fingerprint density at radius 2 is 1.82 bits per heavy atom. The van der Waals surface area contributed by atoms with E-state index in [0.29, 0.717) is 12.1 Å². The Morgan fingerprint density at radius 1 is 1.18 bits per heavy atom. The number of hydrogen-bond donors (Lipinski definition) is 1. The van der Waals surface area contributed by atoms with Gasteiger partial charge in [0.25, 0.3) is 0 Å². The van der Waals surface area contributed by atoms with Gasteiger partial charge in [0.2, 0.25) is 0 Å². The maximum absolute atomic E-state index is 3.43. The number of hydrogen-bond acceptors (Lipinski definition) is 2. The highest BCUT2D eigenvalue weighted by molar-refractivity contribution is 5.33. The van der Waals surface area contributed by atoms with Gasteiger partial charge in [0.15, 0.2) is 0 Å². The van der Waals surface area contributed by atoms with E-state index < -0.39 is 0 Å². The van der Waals surface area contributed by atoms with Crippen LogP contribution in [0.3, 0.4) is 0 Å². The zero-order valence-electron chi connectivity index (χ0n) is 10.6. The van der Waals surface area contributed by atoms with Crippen LogP contribution in [0, 0.1) is 11.8 Å². The molecule has 2 unspecified atom stereocenters. The molecular formula is C15H20N2. The van der Waals surface area contributed by atoms with Crippen LogP contribution in [0.1, 0.15) is 19.4 Å². The summed E-state index contributed by atoms with van der Waals surface area (Å²) in [5.74, 6) is 6.50. The highest BCUT2D eigenvalue weighted by Gasteiger charge is 2.22. The first-order chi connectivity index (χ1) is 8.27. The molecule has 0 amide bonds. The van der Waals surface area contributed by atoms with Crippen LogP contribution in [-0.2, 0) is 0 Å². The molecule has 1 N–H and O–H groups in total. The molecular weight excluding hydrogens is 208 g/mol. The molecule has 0 saturated carbocycles. The Balaban J connectivity index is 1.95. The third kappa shape index (κ3) is 3.33. The van der Waals surface area contributed by atoms with Gasteiger partial charge in [-0.3, -0.25) is 4.90 Å². The molecule has 1 aromatic rings. The maximum Gasteiger partial charge on any atom is 0.0611 e. The van der Waals surface area contributed by atoms with Crippen LogP contribution >= 0.6 is 0 Å².